The standard InChI is InChI=1S/C17H19BrFNO/c1-3-10-20-17(13-6-4-5-7-15(13)19)14-11-12(18)8-9-16(14)21-2/h4-9,11,17,20H,3,10H2,1-2H3. The van der Waals surface area contributed by atoms with E-state index in [1.54, 1.807) is 13.2 Å². The Balaban J connectivity index is 2.50. The van der Waals surface area contributed by atoms with Gasteiger partial charge in [0.2, 0.25) is 0 Å². The highest BCUT2D eigenvalue weighted by atomic mass is 79.9. The van der Waals surface area contributed by atoms with Crippen LogP contribution in [0.1, 0.15) is 30.5 Å². The molecular formula is C17H19BrFNO. The first-order chi connectivity index (χ1) is 10.2. The monoisotopic (exact) mass is 351 g/mol. The molecule has 0 saturated carbocycles. The van der Waals surface area contributed by atoms with Gasteiger partial charge in [0, 0.05) is 15.6 Å². The number of hydrogen-bond acceptors (Lipinski definition) is 2. The quantitative estimate of drug-likeness (QED) is 0.815. The molecule has 1 atom stereocenters. The minimum atomic E-state index is -0.237. The predicted molar refractivity (Wildman–Crippen MR) is 87.2 cm³/mol. The number of methoxy groups -OCH3 is 1. The Hall–Kier alpha value is -1.39. The molecule has 0 radical (unpaired) electrons. The van der Waals surface area contributed by atoms with Crippen molar-refractivity contribution in [2.24, 2.45) is 0 Å². The predicted octanol–water partition coefficient (Wildman–Crippen LogP) is 4.69. The van der Waals surface area contributed by atoms with Gasteiger partial charge in [0.15, 0.2) is 0 Å². The third kappa shape index (κ3) is 3.83. The van der Waals surface area contributed by atoms with Crippen molar-refractivity contribution in [3.8, 4) is 5.75 Å². The summed E-state index contributed by atoms with van der Waals surface area (Å²) in [5.41, 5.74) is 1.55. The Bertz CT molecular complexity index is 603. The van der Waals surface area contributed by atoms with Crippen molar-refractivity contribution in [1.82, 2.24) is 5.32 Å². The molecule has 0 aliphatic rings. The molecule has 1 N–H and O–H groups in total. The summed E-state index contributed by atoms with van der Waals surface area (Å²) in [5.74, 6) is 0.531. The Kier molecular flexibility index (Phi) is 5.76. The first kappa shape index (κ1) is 16.0. The molecule has 112 valence electrons. The third-order valence-corrected chi connectivity index (χ3v) is 3.81. The van der Waals surface area contributed by atoms with Crippen molar-refractivity contribution in [3.63, 3.8) is 0 Å². The molecule has 0 bridgehead atoms. The van der Waals surface area contributed by atoms with Crippen LogP contribution in [0.3, 0.4) is 0 Å². The van der Waals surface area contributed by atoms with Gasteiger partial charge in [-0.1, -0.05) is 41.1 Å². The van der Waals surface area contributed by atoms with Gasteiger partial charge in [-0.3, -0.25) is 0 Å². The number of ether oxygens (including phenoxy) is 1. The van der Waals surface area contributed by atoms with Gasteiger partial charge in [-0.25, -0.2) is 4.39 Å². The summed E-state index contributed by atoms with van der Waals surface area (Å²) < 4.78 is 20.6. The van der Waals surface area contributed by atoms with Crippen LogP contribution in [0.2, 0.25) is 0 Å². The maximum absolute atomic E-state index is 14.2. The summed E-state index contributed by atoms with van der Waals surface area (Å²) in [4.78, 5) is 0. The van der Waals surface area contributed by atoms with E-state index >= 15 is 0 Å². The Labute approximate surface area is 133 Å². The fraction of sp³-hybridized carbons (Fsp3) is 0.294. The van der Waals surface area contributed by atoms with Crippen LogP contribution in [0.4, 0.5) is 4.39 Å². The molecule has 2 rings (SSSR count). The van der Waals surface area contributed by atoms with E-state index in [-0.39, 0.29) is 11.9 Å². The maximum atomic E-state index is 14.2. The van der Waals surface area contributed by atoms with E-state index in [1.165, 1.54) is 6.07 Å². The fourth-order valence-electron chi connectivity index (χ4n) is 2.32. The van der Waals surface area contributed by atoms with Crippen LogP contribution in [-0.2, 0) is 0 Å². The normalized spacial score (nSPS) is 12.2. The number of halogens is 2. The van der Waals surface area contributed by atoms with Gasteiger partial charge in [0.25, 0.3) is 0 Å². The highest BCUT2D eigenvalue weighted by Crippen LogP contribution is 2.33. The summed E-state index contributed by atoms with van der Waals surface area (Å²) in [5, 5.41) is 3.40. The zero-order chi connectivity index (χ0) is 15.2. The summed E-state index contributed by atoms with van der Waals surface area (Å²) in [7, 11) is 1.63. The largest absolute Gasteiger partial charge is 0.496 e. The lowest BCUT2D eigenvalue weighted by molar-refractivity contribution is 0.402. The van der Waals surface area contributed by atoms with Crippen LogP contribution in [0, 0.1) is 5.82 Å². The molecule has 0 aromatic heterocycles. The van der Waals surface area contributed by atoms with Crippen LogP contribution in [0.15, 0.2) is 46.9 Å². The molecule has 4 heteroatoms. The molecule has 0 aliphatic carbocycles. The number of hydrogen-bond donors (Lipinski definition) is 1. The molecule has 2 nitrogen and oxygen atoms in total. The Morgan fingerprint density at radius 3 is 2.62 bits per heavy atom. The Morgan fingerprint density at radius 2 is 1.95 bits per heavy atom. The van der Waals surface area contributed by atoms with E-state index in [0.29, 0.717) is 5.56 Å². The second-order valence-corrected chi connectivity index (χ2v) is 5.71. The first-order valence-corrected chi connectivity index (χ1v) is 7.78. The average Bonchev–Trinajstić information content (AvgIpc) is 2.49. The summed E-state index contributed by atoms with van der Waals surface area (Å²) in [6, 6.07) is 12.4. The SMILES string of the molecule is CCCNC(c1ccccc1F)c1cc(Br)ccc1OC. The summed E-state index contributed by atoms with van der Waals surface area (Å²) >= 11 is 3.48. The minimum absolute atomic E-state index is 0.215. The smallest absolute Gasteiger partial charge is 0.128 e. The van der Waals surface area contributed by atoms with Crippen LogP contribution >= 0.6 is 15.9 Å². The van der Waals surface area contributed by atoms with Gasteiger partial charge in [-0.05, 0) is 37.2 Å². The van der Waals surface area contributed by atoms with Crippen LogP contribution in [0.25, 0.3) is 0 Å². The van der Waals surface area contributed by atoms with Crippen molar-refractivity contribution in [2.45, 2.75) is 19.4 Å². The summed E-state index contributed by atoms with van der Waals surface area (Å²) in [6.45, 7) is 2.89. The van der Waals surface area contributed by atoms with E-state index in [9.17, 15) is 4.39 Å². The molecule has 2 aromatic carbocycles. The molecule has 0 saturated heterocycles. The van der Waals surface area contributed by atoms with Gasteiger partial charge in [-0.2, -0.15) is 0 Å². The van der Waals surface area contributed by atoms with Gasteiger partial charge >= 0.3 is 0 Å². The highest BCUT2D eigenvalue weighted by Gasteiger charge is 2.20. The maximum Gasteiger partial charge on any atom is 0.128 e. The van der Waals surface area contributed by atoms with E-state index in [0.717, 1.165) is 28.8 Å². The van der Waals surface area contributed by atoms with Gasteiger partial charge in [0.1, 0.15) is 11.6 Å². The van der Waals surface area contributed by atoms with E-state index in [2.05, 4.69) is 28.2 Å². The fourth-order valence-corrected chi connectivity index (χ4v) is 2.69. The van der Waals surface area contributed by atoms with Crippen molar-refractivity contribution < 1.29 is 9.13 Å². The van der Waals surface area contributed by atoms with Crippen molar-refractivity contribution in [2.75, 3.05) is 13.7 Å². The van der Waals surface area contributed by atoms with Gasteiger partial charge < -0.3 is 10.1 Å². The van der Waals surface area contributed by atoms with Crippen molar-refractivity contribution in [3.05, 3.63) is 63.9 Å². The first-order valence-electron chi connectivity index (χ1n) is 6.98. The highest BCUT2D eigenvalue weighted by molar-refractivity contribution is 9.10. The molecule has 2 aromatic rings. The molecule has 0 amide bonds. The van der Waals surface area contributed by atoms with Gasteiger partial charge in [0.05, 0.1) is 13.2 Å². The van der Waals surface area contributed by atoms with Crippen LogP contribution in [0.5, 0.6) is 5.75 Å². The molecular weight excluding hydrogens is 333 g/mol. The topological polar surface area (TPSA) is 21.3 Å². The second kappa shape index (κ2) is 7.57. The molecule has 0 spiro atoms. The Morgan fingerprint density at radius 1 is 1.19 bits per heavy atom. The lowest BCUT2D eigenvalue weighted by Gasteiger charge is -2.22. The number of benzene rings is 2. The molecule has 1 unspecified atom stereocenters. The number of rotatable bonds is 6. The lowest BCUT2D eigenvalue weighted by Crippen LogP contribution is -2.24. The van der Waals surface area contributed by atoms with Crippen molar-refractivity contribution in [1.29, 1.82) is 0 Å². The zero-order valence-electron chi connectivity index (χ0n) is 12.2. The second-order valence-electron chi connectivity index (χ2n) is 4.79. The van der Waals surface area contributed by atoms with E-state index < -0.39 is 0 Å². The molecule has 0 heterocycles. The van der Waals surface area contributed by atoms with E-state index in [4.69, 9.17) is 4.74 Å². The van der Waals surface area contributed by atoms with Crippen LogP contribution < -0.4 is 10.1 Å². The molecule has 0 fully saturated rings. The minimum Gasteiger partial charge on any atom is -0.496 e. The average molecular weight is 352 g/mol. The summed E-state index contributed by atoms with van der Waals surface area (Å²) in [6.07, 6.45) is 0.973. The van der Waals surface area contributed by atoms with E-state index in [1.807, 2.05) is 30.3 Å². The molecule has 0 aliphatic heterocycles. The number of nitrogens with one attached hydrogen (secondary N) is 1. The zero-order valence-corrected chi connectivity index (χ0v) is 13.8. The molecule has 21 heavy (non-hydrogen) atoms. The lowest BCUT2D eigenvalue weighted by atomic mass is 9.97. The van der Waals surface area contributed by atoms with Crippen molar-refractivity contribution >= 4 is 15.9 Å². The third-order valence-electron chi connectivity index (χ3n) is 3.32. The van der Waals surface area contributed by atoms with Gasteiger partial charge in [-0.15, -0.1) is 0 Å². The van der Waals surface area contributed by atoms with Crippen LogP contribution in [-0.4, -0.2) is 13.7 Å².